The van der Waals surface area contributed by atoms with Crippen LogP contribution in [0.5, 0.6) is 0 Å². The van der Waals surface area contributed by atoms with Gasteiger partial charge < -0.3 is 14.2 Å². The third-order valence-corrected chi connectivity index (χ3v) is 4.91. The monoisotopic (exact) mass is 377 g/mol. The maximum Gasteiger partial charge on any atom is 0.257 e. The lowest BCUT2D eigenvalue weighted by atomic mass is 10.1. The number of halogens is 2. The van der Waals surface area contributed by atoms with Crippen molar-refractivity contribution in [1.82, 2.24) is 15.0 Å². The van der Waals surface area contributed by atoms with E-state index in [0.29, 0.717) is 5.82 Å². The highest BCUT2D eigenvalue weighted by Gasteiger charge is 2.35. The molecule has 1 fully saturated rings. The minimum absolute atomic E-state index is 0.134. The van der Waals surface area contributed by atoms with E-state index in [1.807, 2.05) is 17.5 Å². The minimum Gasteiger partial charge on any atom is -0.377 e. The number of thiophene rings is 1. The summed E-state index contributed by atoms with van der Waals surface area (Å²) in [6.45, 7) is 0.621. The Labute approximate surface area is 151 Å². The number of ether oxygens (including phenoxy) is 1. The summed E-state index contributed by atoms with van der Waals surface area (Å²) in [6, 6.07) is 6.55. The summed E-state index contributed by atoms with van der Waals surface area (Å²) in [5.41, 5.74) is -0.338. The molecule has 0 N–H and O–H groups in total. The van der Waals surface area contributed by atoms with E-state index in [4.69, 9.17) is 9.26 Å². The standard InChI is InChI=1S/C17H13F2N3O3S/c18-11-4-1-3-10(14(11)19)17(23)22-6-7-24-9-12(22)16-20-15(21-25-16)13-5-2-8-26-13/h1-5,8,12H,6-7,9H2/t12-/m1/s1. The first-order valence-corrected chi connectivity index (χ1v) is 8.73. The van der Waals surface area contributed by atoms with E-state index in [-0.39, 0.29) is 31.2 Å². The smallest absolute Gasteiger partial charge is 0.257 e. The first-order chi connectivity index (χ1) is 12.6. The number of amides is 1. The number of hydrogen-bond acceptors (Lipinski definition) is 6. The number of morpholine rings is 1. The average Bonchev–Trinajstić information content (AvgIpc) is 3.35. The molecule has 1 aliphatic rings. The second-order valence-electron chi connectivity index (χ2n) is 5.62. The number of carbonyl (C=O) groups excluding carboxylic acids is 1. The predicted octanol–water partition coefficient (Wildman–Crippen LogP) is 3.29. The molecule has 3 heterocycles. The molecule has 0 unspecified atom stereocenters. The van der Waals surface area contributed by atoms with Gasteiger partial charge in [0.25, 0.3) is 11.8 Å². The van der Waals surface area contributed by atoms with E-state index in [0.717, 1.165) is 10.9 Å². The van der Waals surface area contributed by atoms with Crippen LogP contribution in [-0.4, -0.2) is 40.7 Å². The van der Waals surface area contributed by atoms with Crippen molar-refractivity contribution in [2.75, 3.05) is 19.8 Å². The number of hydrogen-bond donors (Lipinski definition) is 0. The zero-order valence-electron chi connectivity index (χ0n) is 13.4. The largest absolute Gasteiger partial charge is 0.377 e. The van der Waals surface area contributed by atoms with Crippen LogP contribution >= 0.6 is 11.3 Å². The fourth-order valence-corrected chi connectivity index (χ4v) is 3.40. The zero-order valence-corrected chi connectivity index (χ0v) is 14.2. The van der Waals surface area contributed by atoms with Crippen molar-refractivity contribution in [3.05, 3.63) is 58.8 Å². The van der Waals surface area contributed by atoms with Crippen LogP contribution in [0.3, 0.4) is 0 Å². The van der Waals surface area contributed by atoms with Crippen molar-refractivity contribution in [3.63, 3.8) is 0 Å². The summed E-state index contributed by atoms with van der Waals surface area (Å²) in [4.78, 5) is 19.3. The van der Waals surface area contributed by atoms with Crippen LogP contribution in [0.25, 0.3) is 10.7 Å². The fourth-order valence-electron chi connectivity index (χ4n) is 2.75. The summed E-state index contributed by atoms with van der Waals surface area (Å²) >= 11 is 1.46. The van der Waals surface area contributed by atoms with Crippen molar-refractivity contribution in [2.24, 2.45) is 0 Å². The van der Waals surface area contributed by atoms with Gasteiger partial charge in [-0.25, -0.2) is 8.78 Å². The van der Waals surface area contributed by atoms with Gasteiger partial charge in [-0.2, -0.15) is 4.98 Å². The highest BCUT2D eigenvalue weighted by atomic mass is 32.1. The molecule has 0 aliphatic carbocycles. The van der Waals surface area contributed by atoms with Gasteiger partial charge in [-0.1, -0.05) is 17.3 Å². The Morgan fingerprint density at radius 3 is 2.96 bits per heavy atom. The minimum atomic E-state index is -1.17. The van der Waals surface area contributed by atoms with Gasteiger partial charge in [0.05, 0.1) is 23.7 Å². The van der Waals surface area contributed by atoms with Crippen molar-refractivity contribution >= 4 is 17.2 Å². The first kappa shape index (κ1) is 16.8. The van der Waals surface area contributed by atoms with E-state index < -0.39 is 23.6 Å². The number of aromatic nitrogens is 2. The Morgan fingerprint density at radius 2 is 2.15 bits per heavy atom. The Morgan fingerprint density at radius 1 is 1.27 bits per heavy atom. The van der Waals surface area contributed by atoms with E-state index in [9.17, 15) is 13.6 Å². The molecule has 0 bridgehead atoms. The predicted molar refractivity (Wildman–Crippen MR) is 88.6 cm³/mol. The van der Waals surface area contributed by atoms with Crippen molar-refractivity contribution in [2.45, 2.75) is 6.04 Å². The molecule has 1 saturated heterocycles. The first-order valence-electron chi connectivity index (χ1n) is 7.85. The Balaban J connectivity index is 1.65. The maximum atomic E-state index is 14.0. The number of benzene rings is 1. The van der Waals surface area contributed by atoms with Gasteiger partial charge in [0.1, 0.15) is 6.04 Å². The van der Waals surface area contributed by atoms with E-state index in [1.165, 1.54) is 28.4 Å². The second-order valence-corrected chi connectivity index (χ2v) is 6.57. The highest BCUT2D eigenvalue weighted by Crippen LogP contribution is 2.29. The van der Waals surface area contributed by atoms with Crippen LogP contribution in [0.4, 0.5) is 8.78 Å². The molecule has 1 aliphatic heterocycles. The van der Waals surface area contributed by atoms with Gasteiger partial charge in [-0.3, -0.25) is 4.79 Å². The summed E-state index contributed by atoms with van der Waals surface area (Å²) in [7, 11) is 0. The molecule has 0 saturated carbocycles. The number of carbonyl (C=O) groups is 1. The quantitative estimate of drug-likeness (QED) is 0.701. The van der Waals surface area contributed by atoms with Gasteiger partial charge in [-0.05, 0) is 23.6 Å². The van der Waals surface area contributed by atoms with Gasteiger partial charge >= 0.3 is 0 Å². The lowest BCUT2D eigenvalue weighted by molar-refractivity contribution is -0.0121. The molecule has 26 heavy (non-hydrogen) atoms. The van der Waals surface area contributed by atoms with Crippen molar-refractivity contribution in [1.29, 1.82) is 0 Å². The van der Waals surface area contributed by atoms with E-state index in [1.54, 1.807) is 0 Å². The van der Waals surface area contributed by atoms with Crippen LogP contribution in [-0.2, 0) is 4.74 Å². The highest BCUT2D eigenvalue weighted by molar-refractivity contribution is 7.13. The Hall–Kier alpha value is -2.65. The maximum absolute atomic E-state index is 14.0. The average molecular weight is 377 g/mol. The van der Waals surface area contributed by atoms with Crippen LogP contribution in [0.1, 0.15) is 22.3 Å². The van der Waals surface area contributed by atoms with Crippen LogP contribution in [0, 0.1) is 11.6 Å². The Bertz CT molecular complexity index is 929. The molecule has 2 aromatic heterocycles. The molecule has 0 radical (unpaired) electrons. The molecular formula is C17H13F2N3O3S. The fraction of sp³-hybridized carbons (Fsp3) is 0.235. The summed E-state index contributed by atoms with van der Waals surface area (Å²) in [6.07, 6.45) is 0. The lowest BCUT2D eigenvalue weighted by Gasteiger charge is -2.33. The van der Waals surface area contributed by atoms with E-state index >= 15 is 0 Å². The zero-order chi connectivity index (χ0) is 18.1. The summed E-state index contributed by atoms with van der Waals surface area (Å²) in [5, 5.41) is 5.82. The van der Waals surface area contributed by atoms with Gasteiger partial charge in [0, 0.05) is 6.54 Å². The topological polar surface area (TPSA) is 68.5 Å². The Kier molecular flexibility index (Phi) is 4.48. The van der Waals surface area contributed by atoms with Crippen molar-refractivity contribution in [3.8, 4) is 10.7 Å². The van der Waals surface area contributed by atoms with E-state index in [2.05, 4.69) is 10.1 Å². The molecular weight excluding hydrogens is 364 g/mol. The molecule has 1 aromatic carbocycles. The van der Waals surface area contributed by atoms with Crippen LogP contribution in [0.15, 0.2) is 40.2 Å². The normalized spacial score (nSPS) is 17.5. The summed E-state index contributed by atoms with van der Waals surface area (Å²) < 4.78 is 38.2. The van der Waals surface area contributed by atoms with Gasteiger partial charge in [0.2, 0.25) is 5.82 Å². The molecule has 3 aromatic rings. The SMILES string of the molecule is O=C(c1cccc(F)c1F)N1CCOC[C@@H]1c1nc(-c2cccs2)no1. The third-order valence-electron chi connectivity index (χ3n) is 4.04. The molecule has 1 amide bonds. The molecule has 9 heteroatoms. The third kappa shape index (κ3) is 2.99. The lowest BCUT2D eigenvalue weighted by Crippen LogP contribution is -2.43. The second kappa shape index (κ2) is 6.93. The number of rotatable bonds is 3. The number of nitrogens with zero attached hydrogens (tertiary/aromatic N) is 3. The summed E-state index contributed by atoms with van der Waals surface area (Å²) in [5.74, 6) is -2.29. The molecule has 0 spiro atoms. The molecule has 6 nitrogen and oxygen atoms in total. The van der Waals surface area contributed by atoms with Gasteiger partial charge in [-0.15, -0.1) is 11.3 Å². The van der Waals surface area contributed by atoms with Crippen LogP contribution < -0.4 is 0 Å². The molecule has 134 valence electrons. The van der Waals surface area contributed by atoms with Crippen LogP contribution in [0.2, 0.25) is 0 Å². The van der Waals surface area contributed by atoms with Gasteiger partial charge in [0.15, 0.2) is 11.6 Å². The van der Waals surface area contributed by atoms with Crippen molar-refractivity contribution < 1.29 is 22.8 Å². The molecule has 4 rings (SSSR count). The molecule has 1 atom stereocenters.